The van der Waals surface area contributed by atoms with Crippen LogP contribution in [0, 0.1) is 0 Å². The molecule has 2 heterocycles. The average Bonchev–Trinajstić information content (AvgIpc) is 3.31. The van der Waals surface area contributed by atoms with E-state index in [4.69, 9.17) is 19.9 Å². The molecule has 0 saturated carbocycles. The largest absolute Gasteiger partial charge is 0.256 e. The topological polar surface area (TPSA) is 51.6 Å². The Balaban J connectivity index is 1.22. The molecule has 0 atom stereocenters. The van der Waals surface area contributed by atoms with E-state index in [1.165, 1.54) is 5.39 Å². The Kier molecular flexibility index (Phi) is 8.77. The maximum Gasteiger partial charge on any atom is 0.164 e. The third-order valence-corrected chi connectivity index (χ3v) is 10.9. The van der Waals surface area contributed by atoms with E-state index in [2.05, 4.69) is 128 Å². The molecule has 0 N–H and O–H groups in total. The van der Waals surface area contributed by atoms with E-state index < -0.39 is 0 Å². The van der Waals surface area contributed by atoms with Crippen LogP contribution in [0.15, 0.2) is 195 Å². The van der Waals surface area contributed by atoms with Gasteiger partial charge in [0.15, 0.2) is 17.5 Å². The molecule has 0 aliphatic carbocycles. The molecular formula is C54H36N4. The van der Waals surface area contributed by atoms with Crippen LogP contribution in [-0.4, -0.2) is 19.9 Å². The standard InChI is InChI=1S/C54H36N4/c1-3-43-44(4-2)48-25-15-24-45(50(48)49-23-14-13-22-47(43)49)41-32-40(35-26-28-37(29-27-35)51-46-21-12-11-16-36(46)30-31-55-51)33-42(34-41)54-57-52(38-17-7-5-8-18-38)56-53(58-54)39-19-9-6-10-20-39/h3-34H,1-2H2. The summed E-state index contributed by atoms with van der Waals surface area (Å²) in [6.07, 6.45) is 5.77. The highest BCUT2D eigenvalue weighted by Gasteiger charge is 2.18. The lowest BCUT2D eigenvalue weighted by molar-refractivity contribution is 1.07. The maximum atomic E-state index is 5.16. The summed E-state index contributed by atoms with van der Waals surface area (Å²) in [6.45, 7) is 8.44. The lowest BCUT2D eigenvalue weighted by atomic mass is 9.86. The van der Waals surface area contributed by atoms with Gasteiger partial charge in [0.2, 0.25) is 0 Å². The summed E-state index contributed by atoms with van der Waals surface area (Å²) in [5.74, 6) is 1.83. The van der Waals surface area contributed by atoms with Crippen LogP contribution < -0.4 is 0 Å². The predicted molar refractivity (Wildman–Crippen MR) is 243 cm³/mol. The molecule has 0 aliphatic rings. The van der Waals surface area contributed by atoms with E-state index >= 15 is 0 Å². The van der Waals surface area contributed by atoms with E-state index in [-0.39, 0.29) is 0 Å². The zero-order chi connectivity index (χ0) is 39.0. The second-order valence-corrected chi connectivity index (χ2v) is 14.3. The summed E-state index contributed by atoms with van der Waals surface area (Å²) in [4.78, 5) is 20.1. The number of aromatic nitrogens is 4. The van der Waals surface area contributed by atoms with Crippen molar-refractivity contribution < 1.29 is 0 Å². The van der Waals surface area contributed by atoms with Gasteiger partial charge in [-0.05, 0) is 84.6 Å². The summed E-state index contributed by atoms with van der Waals surface area (Å²) in [5.41, 5.74) is 11.2. The zero-order valence-electron chi connectivity index (χ0n) is 31.7. The van der Waals surface area contributed by atoms with Crippen LogP contribution in [0.5, 0.6) is 0 Å². The van der Waals surface area contributed by atoms with Crippen molar-refractivity contribution in [2.24, 2.45) is 0 Å². The van der Waals surface area contributed by atoms with Crippen LogP contribution in [0.25, 0.3) is 112 Å². The minimum Gasteiger partial charge on any atom is -0.256 e. The molecule has 4 heteroatoms. The van der Waals surface area contributed by atoms with E-state index in [1.807, 2.05) is 79.0 Å². The first-order chi connectivity index (χ1) is 28.7. The van der Waals surface area contributed by atoms with Crippen LogP contribution in [0.4, 0.5) is 0 Å². The minimum atomic E-state index is 0.596. The van der Waals surface area contributed by atoms with Gasteiger partial charge in [0, 0.05) is 33.8 Å². The van der Waals surface area contributed by atoms with Crippen molar-refractivity contribution in [1.82, 2.24) is 19.9 Å². The van der Waals surface area contributed by atoms with E-state index in [0.717, 1.165) is 88.3 Å². The van der Waals surface area contributed by atoms with Gasteiger partial charge >= 0.3 is 0 Å². The molecule has 0 radical (unpaired) electrons. The van der Waals surface area contributed by atoms with E-state index in [1.54, 1.807) is 0 Å². The zero-order valence-corrected chi connectivity index (χ0v) is 31.7. The van der Waals surface area contributed by atoms with Crippen molar-refractivity contribution in [3.63, 3.8) is 0 Å². The molecular weight excluding hydrogens is 705 g/mol. The highest BCUT2D eigenvalue weighted by atomic mass is 15.0. The van der Waals surface area contributed by atoms with Gasteiger partial charge in [-0.3, -0.25) is 4.98 Å². The highest BCUT2D eigenvalue weighted by Crippen LogP contribution is 2.42. The summed E-state index contributed by atoms with van der Waals surface area (Å²) >= 11 is 0. The lowest BCUT2D eigenvalue weighted by Gasteiger charge is -2.18. The third kappa shape index (κ3) is 6.14. The molecule has 0 unspecified atom stereocenters. The molecule has 0 aliphatic heterocycles. The number of nitrogens with zero attached hydrogens (tertiary/aromatic N) is 4. The quantitative estimate of drug-likeness (QED) is 0.146. The molecule has 8 aromatic carbocycles. The Hall–Kier alpha value is -7.82. The van der Waals surface area contributed by atoms with Crippen LogP contribution in [-0.2, 0) is 0 Å². The molecule has 58 heavy (non-hydrogen) atoms. The normalized spacial score (nSPS) is 11.2. The van der Waals surface area contributed by atoms with E-state index in [0.29, 0.717) is 17.5 Å². The Morgan fingerprint density at radius 1 is 0.362 bits per heavy atom. The Morgan fingerprint density at radius 2 is 0.879 bits per heavy atom. The molecule has 0 spiro atoms. The van der Waals surface area contributed by atoms with Gasteiger partial charge in [-0.25, -0.2) is 15.0 Å². The van der Waals surface area contributed by atoms with E-state index in [9.17, 15) is 0 Å². The van der Waals surface area contributed by atoms with Gasteiger partial charge in [-0.2, -0.15) is 0 Å². The number of rotatable bonds is 8. The van der Waals surface area contributed by atoms with Crippen molar-refractivity contribution >= 4 is 44.5 Å². The number of hydrogen-bond donors (Lipinski definition) is 0. The van der Waals surface area contributed by atoms with Crippen LogP contribution >= 0.6 is 0 Å². The smallest absolute Gasteiger partial charge is 0.164 e. The number of pyridine rings is 1. The second kappa shape index (κ2) is 14.7. The molecule has 272 valence electrons. The summed E-state index contributed by atoms with van der Waals surface area (Å²) in [7, 11) is 0. The van der Waals surface area contributed by atoms with Crippen molar-refractivity contribution in [1.29, 1.82) is 0 Å². The molecule has 0 bridgehead atoms. The maximum absolute atomic E-state index is 5.16. The van der Waals surface area contributed by atoms with Crippen LogP contribution in [0.3, 0.4) is 0 Å². The monoisotopic (exact) mass is 740 g/mol. The van der Waals surface area contributed by atoms with Gasteiger partial charge in [0.1, 0.15) is 0 Å². The summed E-state index contributed by atoms with van der Waals surface area (Å²) < 4.78 is 0. The molecule has 0 fully saturated rings. The fourth-order valence-electron chi connectivity index (χ4n) is 8.16. The molecule has 0 saturated heterocycles. The molecule has 10 aromatic rings. The van der Waals surface area contributed by atoms with Crippen molar-refractivity contribution in [3.8, 4) is 67.7 Å². The third-order valence-electron chi connectivity index (χ3n) is 10.9. The summed E-state index contributed by atoms with van der Waals surface area (Å²) in [6, 6.07) is 61.2. The molecule has 4 nitrogen and oxygen atoms in total. The van der Waals surface area contributed by atoms with Gasteiger partial charge in [0.25, 0.3) is 0 Å². The Morgan fingerprint density at radius 3 is 1.55 bits per heavy atom. The first-order valence-corrected chi connectivity index (χ1v) is 19.4. The van der Waals surface area contributed by atoms with Crippen molar-refractivity contribution in [2.45, 2.75) is 0 Å². The van der Waals surface area contributed by atoms with Gasteiger partial charge in [-0.15, -0.1) is 0 Å². The lowest BCUT2D eigenvalue weighted by Crippen LogP contribution is -2.00. The Labute approximate surface area is 337 Å². The molecule has 10 rings (SSSR count). The fraction of sp³-hybridized carbons (Fsp3) is 0. The number of hydrogen-bond acceptors (Lipinski definition) is 4. The Bertz CT molecular complexity index is 3120. The van der Waals surface area contributed by atoms with Crippen LogP contribution in [0.2, 0.25) is 0 Å². The van der Waals surface area contributed by atoms with Gasteiger partial charge in [-0.1, -0.05) is 177 Å². The van der Waals surface area contributed by atoms with Gasteiger partial charge < -0.3 is 0 Å². The SMILES string of the molecule is C=Cc1c(C=C)c2cccc(-c3cc(-c4ccc(-c5nccc6ccccc56)cc4)cc(-c4nc(-c5ccccc5)nc(-c5ccccc5)n4)c3)c2c2ccccc12. The number of benzene rings is 8. The van der Waals surface area contributed by atoms with Gasteiger partial charge in [0.05, 0.1) is 5.69 Å². The first kappa shape index (κ1) is 34.7. The minimum absolute atomic E-state index is 0.596. The average molecular weight is 741 g/mol. The first-order valence-electron chi connectivity index (χ1n) is 19.4. The number of fused-ring (bicyclic) bond motifs is 4. The highest BCUT2D eigenvalue weighted by molar-refractivity contribution is 6.19. The molecule has 0 amide bonds. The fourth-order valence-corrected chi connectivity index (χ4v) is 8.16. The summed E-state index contributed by atoms with van der Waals surface area (Å²) in [5, 5.41) is 6.87. The van der Waals surface area contributed by atoms with Crippen molar-refractivity contribution in [3.05, 3.63) is 206 Å². The molecule has 2 aromatic heterocycles. The van der Waals surface area contributed by atoms with Crippen molar-refractivity contribution in [2.75, 3.05) is 0 Å². The predicted octanol–water partition coefficient (Wildman–Crippen LogP) is 14.0. The second-order valence-electron chi connectivity index (χ2n) is 14.3. The van der Waals surface area contributed by atoms with Crippen LogP contribution in [0.1, 0.15) is 11.1 Å².